The van der Waals surface area contributed by atoms with Crippen molar-refractivity contribution in [2.75, 3.05) is 32.8 Å². The maximum atomic E-state index is 11.8. The number of aliphatic hydroxyl groups excluding tert-OH is 1. The Hall–Kier alpha value is -1.25. The summed E-state index contributed by atoms with van der Waals surface area (Å²) in [5, 5.41) is 12.8. The van der Waals surface area contributed by atoms with Gasteiger partial charge < -0.3 is 20.1 Å². The second-order valence-corrected chi connectivity index (χ2v) is 5.31. The largest absolute Gasteiger partial charge is 0.473 e. The minimum absolute atomic E-state index is 0.165. The Bertz CT molecular complexity index is 395. The Balaban J connectivity index is 1.50. The molecule has 1 atom stereocenters. The molecule has 0 radical (unpaired) electrons. The average molecular weight is 300 g/mol. The molecule has 0 aliphatic carbocycles. The molecule has 1 unspecified atom stereocenters. The molecular formula is C12H20N4O3S. The third-order valence-corrected chi connectivity index (χ3v) is 3.58. The van der Waals surface area contributed by atoms with Gasteiger partial charge >= 0.3 is 0 Å². The summed E-state index contributed by atoms with van der Waals surface area (Å²) in [6, 6.07) is 0. The fraction of sp³-hybridized carbons (Fsp3) is 0.750. The SMILES string of the molecule is O=C(CCNCC(O)COc1cnsn1)N1CCCC1. The number of amides is 1. The van der Waals surface area contributed by atoms with E-state index in [1.165, 1.54) is 6.20 Å². The first kappa shape index (κ1) is 15.1. The summed E-state index contributed by atoms with van der Waals surface area (Å²) >= 11 is 1.06. The second kappa shape index (κ2) is 8.13. The Kier molecular flexibility index (Phi) is 6.16. The van der Waals surface area contributed by atoms with E-state index in [2.05, 4.69) is 14.1 Å². The van der Waals surface area contributed by atoms with E-state index in [-0.39, 0.29) is 12.5 Å². The number of aliphatic hydroxyl groups is 1. The summed E-state index contributed by atoms with van der Waals surface area (Å²) in [5.74, 6) is 0.618. The van der Waals surface area contributed by atoms with Gasteiger partial charge in [-0.15, -0.1) is 4.37 Å². The van der Waals surface area contributed by atoms with Gasteiger partial charge in [0.15, 0.2) is 0 Å². The number of aromatic nitrogens is 2. The molecule has 2 heterocycles. The maximum Gasteiger partial charge on any atom is 0.245 e. The van der Waals surface area contributed by atoms with Crippen molar-refractivity contribution < 1.29 is 14.6 Å². The molecule has 1 aliphatic rings. The molecule has 1 saturated heterocycles. The number of hydrogen-bond donors (Lipinski definition) is 2. The van der Waals surface area contributed by atoms with Gasteiger partial charge in [0.25, 0.3) is 0 Å². The molecule has 8 heteroatoms. The molecule has 0 bridgehead atoms. The van der Waals surface area contributed by atoms with Gasteiger partial charge in [0, 0.05) is 32.6 Å². The van der Waals surface area contributed by atoms with Gasteiger partial charge in [-0.1, -0.05) is 0 Å². The van der Waals surface area contributed by atoms with E-state index < -0.39 is 6.10 Å². The van der Waals surface area contributed by atoms with Crippen LogP contribution in [0.4, 0.5) is 0 Å². The molecule has 1 aliphatic heterocycles. The van der Waals surface area contributed by atoms with Gasteiger partial charge in [-0.05, 0) is 12.8 Å². The number of likely N-dealkylation sites (tertiary alicyclic amines) is 1. The van der Waals surface area contributed by atoms with Crippen LogP contribution in [0.25, 0.3) is 0 Å². The smallest absolute Gasteiger partial charge is 0.245 e. The Morgan fingerprint density at radius 3 is 3.05 bits per heavy atom. The summed E-state index contributed by atoms with van der Waals surface area (Å²) in [4.78, 5) is 13.7. The van der Waals surface area contributed by atoms with Gasteiger partial charge in [-0.2, -0.15) is 4.37 Å². The van der Waals surface area contributed by atoms with Crippen molar-refractivity contribution in [3.8, 4) is 5.88 Å². The Morgan fingerprint density at radius 2 is 2.35 bits per heavy atom. The van der Waals surface area contributed by atoms with Gasteiger partial charge in [-0.3, -0.25) is 4.79 Å². The number of rotatable bonds is 8. The first-order valence-corrected chi connectivity index (χ1v) is 7.55. The third kappa shape index (κ3) is 5.03. The highest BCUT2D eigenvalue weighted by Crippen LogP contribution is 2.08. The molecule has 7 nitrogen and oxygen atoms in total. The van der Waals surface area contributed by atoms with Gasteiger partial charge in [0.2, 0.25) is 11.8 Å². The normalized spacial score (nSPS) is 16.4. The highest BCUT2D eigenvalue weighted by Gasteiger charge is 2.17. The fourth-order valence-electron chi connectivity index (χ4n) is 2.05. The molecule has 0 spiro atoms. The number of carbonyl (C=O) groups is 1. The maximum absolute atomic E-state index is 11.8. The summed E-state index contributed by atoms with van der Waals surface area (Å²) in [7, 11) is 0. The highest BCUT2D eigenvalue weighted by molar-refractivity contribution is 6.99. The summed E-state index contributed by atoms with van der Waals surface area (Å²) in [6.07, 6.45) is 3.59. The summed E-state index contributed by atoms with van der Waals surface area (Å²) in [6.45, 7) is 2.90. The van der Waals surface area contributed by atoms with Crippen LogP contribution in [0.5, 0.6) is 5.88 Å². The molecule has 1 aromatic heterocycles. The van der Waals surface area contributed by atoms with E-state index >= 15 is 0 Å². The fourth-order valence-corrected chi connectivity index (χ4v) is 2.41. The minimum atomic E-state index is -0.626. The monoisotopic (exact) mass is 300 g/mol. The van der Waals surface area contributed by atoms with Crippen LogP contribution in [0.2, 0.25) is 0 Å². The lowest BCUT2D eigenvalue weighted by Crippen LogP contribution is -2.35. The molecule has 20 heavy (non-hydrogen) atoms. The van der Waals surface area contributed by atoms with E-state index in [1.54, 1.807) is 0 Å². The molecule has 1 aromatic rings. The Labute approximate surface area is 122 Å². The number of ether oxygens (including phenoxy) is 1. The van der Waals surface area contributed by atoms with E-state index in [4.69, 9.17) is 4.74 Å². The predicted molar refractivity (Wildman–Crippen MR) is 74.7 cm³/mol. The molecule has 0 aromatic carbocycles. The number of hydrogen-bond acceptors (Lipinski definition) is 7. The standard InChI is InChI=1S/C12H20N4O3S/c17-10(9-19-11-8-14-20-15-11)7-13-4-3-12(18)16-5-1-2-6-16/h8,10,13,17H,1-7,9H2. The third-order valence-electron chi connectivity index (χ3n) is 3.12. The van der Waals surface area contributed by atoms with Crippen molar-refractivity contribution in [1.82, 2.24) is 19.0 Å². The second-order valence-electron chi connectivity index (χ2n) is 4.75. The van der Waals surface area contributed by atoms with Crippen molar-refractivity contribution in [3.63, 3.8) is 0 Å². The first-order chi connectivity index (χ1) is 9.75. The zero-order chi connectivity index (χ0) is 14.2. The zero-order valence-electron chi connectivity index (χ0n) is 11.3. The van der Waals surface area contributed by atoms with Crippen LogP contribution in [-0.2, 0) is 4.79 Å². The van der Waals surface area contributed by atoms with Crippen molar-refractivity contribution in [2.24, 2.45) is 0 Å². The highest BCUT2D eigenvalue weighted by atomic mass is 32.1. The van der Waals surface area contributed by atoms with Crippen molar-refractivity contribution in [2.45, 2.75) is 25.4 Å². The lowest BCUT2D eigenvalue weighted by atomic mass is 10.3. The van der Waals surface area contributed by atoms with Gasteiger partial charge in [0.05, 0.1) is 11.7 Å². The summed E-state index contributed by atoms with van der Waals surface area (Å²) in [5.41, 5.74) is 0. The first-order valence-electron chi connectivity index (χ1n) is 6.82. The lowest BCUT2D eigenvalue weighted by molar-refractivity contribution is -0.130. The minimum Gasteiger partial charge on any atom is -0.473 e. The van der Waals surface area contributed by atoms with Crippen LogP contribution < -0.4 is 10.1 Å². The molecule has 2 rings (SSSR count). The van der Waals surface area contributed by atoms with Crippen LogP contribution >= 0.6 is 11.7 Å². The topological polar surface area (TPSA) is 87.6 Å². The van der Waals surface area contributed by atoms with E-state index in [9.17, 15) is 9.90 Å². The summed E-state index contributed by atoms with van der Waals surface area (Å²) < 4.78 is 12.9. The molecular weight excluding hydrogens is 280 g/mol. The average Bonchev–Trinajstić information content (AvgIpc) is 3.13. The predicted octanol–water partition coefficient (Wildman–Crippen LogP) is -0.120. The van der Waals surface area contributed by atoms with E-state index in [0.717, 1.165) is 37.7 Å². The van der Waals surface area contributed by atoms with Crippen molar-refractivity contribution >= 4 is 17.6 Å². The molecule has 112 valence electrons. The van der Waals surface area contributed by atoms with Crippen LogP contribution in [0.15, 0.2) is 6.20 Å². The molecule has 1 amide bonds. The van der Waals surface area contributed by atoms with Crippen molar-refractivity contribution in [3.05, 3.63) is 6.20 Å². The van der Waals surface area contributed by atoms with Gasteiger partial charge in [0.1, 0.15) is 18.9 Å². The zero-order valence-corrected chi connectivity index (χ0v) is 12.1. The molecule has 2 N–H and O–H groups in total. The van der Waals surface area contributed by atoms with Crippen molar-refractivity contribution in [1.29, 1.82) is 0 Å². The number of carbonyl (C=O) groups excluding carboxylic acids is 1. The molecule has 1 fully saturated rings. The van der Waals surface area contributed by atoms with Crippen LogP contribution in [0.1, 0.15) is 19.3 Å². The van der Waals surface area contributed by atoms with Crippen LogP contribution in [0, 0.1) is 0 Å². The molecule has 0 saturated carbocycles. The number of nitrogens with one attached hydrogen (secondary N) is 1. The van der Waals surface area contributed by atoms with Crippen LogP contribution in [-0.4, -0.2) is 63.6 Å². The van der Waals surface area contributed by atoms with Gasteiger partial charge in [-0.25, -0.2) is 0 Å². The quantitative estimate of drug-likeness (QED) is 0.651. The van der Waals surface area contributed by atoms with E-state index in [0.29, 0.717) is 25.4 Å². The number of nitrogens with zero attached hydrogens (tertiary/aromatic N) is 3. The Morgan fingerprint density at radius 1 is 1.55 bits per heavy atom. The van der Waals surface area contributed by atoms with Crippen LogP contribution in [0.3, 0.4) is 0 Å². The lowest BCUT2D eigenvalue weighted by Gasteiger charge is -2.16. The van der Waals surface area contributed by atoms with E-state index in [1.807, 2.05) is 4.90 Å².